The van der Waals surface area contributed by atoms with Gasteiger partial charge in [0.25, 0.3) is 5.91 Å². The first-order chi connectivity index (χ1) is 14.9. The third-order valence-electron chi connectivity index (χ3n) is 4.99. The van der Waals surface area contributed by atoms with Crippen LogP contribution in [0.25, 0.3) is 6.08 Å². The molecule has 0 atom stereocenters. The lowest BCUT2D eigenvalue weighted by molar-refractivity contribution is -0.121. The van der Waals surface area contributed by atoms with Gasteiger partial charge in [-0.25, -0.2) is 0 Å². The molecule has 0 radical (unpaired) electrons. The largest absolute Gasteiger partial charge is 0.493 e. The molecule has 0 aliphatic carbocycles. The number of thiocarbonyl (C=S) groups is 1. The minimum atomic E-state index is -0.0759. The van der Waals surface area contributed by atoms with Crippen molar-refractivity contribution in [2.75, 3.05) is 26.9 Å². The molecule has 5 nitrogen and oxygen atoms in total. The molecule has 31 heavy (non-hydrogen) atoms. The molecule has 1 fully saturated rings. The van der Waals surface area contributed by atoms with Crippen LogP contribution >= 0.6 is 24.0 Å². The van der Waals surface area contributed by atoms with Crippen molar-refractivity contribution in [2.45, 2.75) is 27.2 Å². The van der Waals surface area contributed by atoms with E-state index in [2.05, 4.69) is 19.9 Å². The summed E-state index contributed by atoms with van der Waals surface area (Å²) in [7, 11) is 1.60. The Labute approximate surface area is 193 Å². The topological polar surface area (TPSA) is 48.0 Å². The quantitative estimate of drug-likeness (QED) is 0.286. The number of amides is 1. The number of para-hydroxylation sites is 1. The van der Waals surface area contributed by atoms with Gasteiger partial charge in [-0.1, -0.05) is 42.2 Å². The van der Waals surface area contributed by atoms with E-state index in [1.165, 1.54) is 22.9 Å². The first-order valence-electron chi connectivity index (χ1n) is 10.2. The molecule has 1 heterocycles. The molecule has 1 aliphatic rings. The predicted molar refractivity (Wildman–Crippen MR) is 130 cm³/mol. The number of carbonyl (C=O) groups excluding carboxylic acids is 1. The molecule has 0 bridgehead atoms. The maximum absolute atomic E-state index is 12.6. The maximum atomic E-state index is 12.6. The first-order valence-corrected chi connectivity index (χ1v) is 11.4. The second-order valence-corrected chi connectivity index (χ2v) is 8.78. The minimum absolute atomic E-state index is 0.0759. The molecule has 1 saturated heterocycles. The molecular formula is C24H27NO4S2. The molecule has 7 heteroatoms. The molecule has 1 amide bonds. The molecule has 0 saturated carbocycles. The molecule has 2 aromatic carbocycles. The Hall–Kier alpha value is -2.51. The second-order valence-electron chi connectivity index (χ2n) is 7.10. The van der Waals surface area contributed by atoms with Crippen LogP contribution in [0.5, 0.6) is 17.2 Å². The van der Waals surface area contributed by atoms with E-state index in [9.17, 15) is 4.79 Å². The molecule has 2 aromatic rings. The fraction of sp³-hybridized carbons (Fsp3) is 0.333. The van der Waals surface area contributed by atoms with E-state index in [1.807, 2.05) is 43.3 Å². The van der Waals surface area contributed by atoms with Crippen LogP contribution < -0.4 is 14.2 Å². The molecular weight excluding hydrogens is 430 g/mol. The zero-order chi connectivity index (χ0) is 22.4. The molecule has 0 aromatic heterocycles. The van der Waals surface area contributed by atoms with E-state index in [4.69, 9.17) is 26.4 Å². The van der Waals surface area contributed by atoms with Gasteiger partial charge in [0.15, 0.2) is 11.5 Å². The Morgan fingerprint density at radius 3 is 2.55 bits per heavy atom. The molecule has 0 N–H and O–H groups in total. The normalized spacial score (nSPS) is 15.0. The number of thioether (sulfide) groups is 1. The molecule has 0 unspecified atom stereocenters. The minimum Gasteiger partial charge on any atom is -0.493 e. The fourth-order valence-electron chi connectivity index (χ4n) is 3.10. The van der Waals surface area contributed by atoms with Gasteiger partial charge in [0.2, 0.25) is 0 Å². The highest BCUT2D eigenvalue weighted by Crippen LogP contribution is 2.37. The summed E-state index contributed by atoms with van der Waals surface area (Å²) in [4.78, 5) is 14.7. The van der Waals surface area contributed by atoms with Gasteiger partial charge in [0.05, 0.1) is 25.2 Å². The Balaban J connectivity index is 1.65. The average Bonchev–Trinajstić information content (AvgIpc) is 3.03. The van der Waals surface area contributed by atoms with Gasteiger partial charge in [-0.05, 0) is 56.2 Å². The number of likely N-dealkylation sites (N-methyl/N-ethyl adjacent to an activating group) is 1. The number of hydrogen-bond donors (Lipinski definition) is 0. The summed E-state index contributed by atoms with van der Waals surface area (Å²) in [5.41, 5.74) is 3.24. The van der Waals surface area contributed by atoms with Gasteiger partial charge < -0.3 is 14.2 Å². The van der Waals surface area contributed by atoms with Gasteiger partial charge >= 0.3 is 0 Å². The van der Waals surface area contributed by atoms with E-state index >= 15 is 0 Å². The Morgan fingerprint density at radius 1 is 1.10 bits per heavy atom. The van der Waals surface area contributed by atoms with Crippen molar-refractivity contribution in [1.82, 2.24) is 4.90 Å². The SMILES string of the molecule is CCN1C(=O)/C(=C/c2cccc(OC)c2OCCCOc2ccc(C)c(C)c2)SC1=S. The number of hydrogen-bond acceptors (Lipinski definition) is 6. The first kappa shape index (κ1) is 23.2. The lowest BCUT2D eigenvalue weighted by atomic mass is 10.1. The molecule has 0 spiro atoms. The number of nitrogens with zero attached hydrogens (tertiary/aromatic N) is 1. The fourth-order valence-corrected chi connectivity index (χ4v) is 4.48. The van der Waals surface area contributed by atoms with Crippen molar-refractivity contribution in [2.24, 2.45) is 0 Å². The summed E-state index contributed by atoms with van der Waals surface area (Å²) in [6, 6.07) is 11.7. The third kappa shape index (κ3) is 5.60. The number of aryl methyl sites for hydroxylation is 2. The highest BCUT2D eigenvalue weighted by atomic mass is 32.2. The van der Waals surface area contributed by atoms with Crippen LogP contribution in [0, 0.1) is 13.8 Å². The van der Waals surface area contributed by atoms with Gasteiger partial charge in [0.1, 0.15) is 10.1 Å². The number of carbonyl (C=O) groups is 1. The smallest absolute Gasteiger partial charge is 0.266 e. The van der Waals surface area contributed by atoms with E-state index in [0.29, 0.717) is 46.9 Å². The van der Waals surface area contributed by atoms with Crippen LogP contribution in [0.15, 0.2) is 41.3 Å². The monoisotopic (exact) mass is 457 g/mol. The zero-order valence-corrected chi connectivity index (χ0v) is 19.9. The van der Waals surface area contributed by atoms with E-state index in [1.54, 1.807) is 12.0 Å². The van der Waals surface area contributed by atoms with Crippen molar-refractivity contribution in [3.05, 3.63) is 58.0 Å². The summed E-state index contributed by atoms with van der Waals surface area (Å²) in [5, 5.41) is 0. The van der Waals surface area contributed by atoms with E-state index in [-0.39, 0.29) is 5.91 Å². The lowest BCUT2D eigenvalue weighted by Crippen LogP contribution is -2.27. The summed E-state index contributed by atoms with van der Waals surface area (Å²) in [5.74, 6) is 2.01. The van der Waals surface area contributed by atoms with Crippen LogP contribution in [-0.4, -0.2) is 42.0 Å². The van der Waals surface area contributed by atoms with Gasteiger partial charge in [-0.15, -0.1) is 0 Å². The Bertz CT molecular complexity index is 1000. The van der Waals surface area contributed by atoms with Crippen molar-refractivity contribution in [3.8, 4) is 17.2 Å². The third-order valence-corrected chi connectivity index (χ3v) is 6.37. The van der Waals surface area contributed by atoms with E-state index < -0.39 is 0 Å². The number of ether oxygens (including phenoxy) is 3. The lowest BCUT2D eigenvalue weighted by Gasteiger charge is -2.14. The van der Waals surface area contributed by atoms with Crippen molar-refractivity contribution in [3.63, 3.8) is 0 Å². The average molecular weight is 458 g/mol. The predicted octanol–water partition coefficient (Wildman–Crippen LogP) is 5.38. The van der Waals surface area contributed by atoms with E-state index in [0.717, 1.165) is 11.3 Å². The summed E-state index contributed by atoms with van der Waals surface area (Å²) < 4.78 is 17.9. The highest BCUT2D eigenvalue weighted by molar-refractivity contribution is 8.26. The highest BCUT2D eigenvalue weighted by Gasteiger charge is 2.31. The van der Waals surface area contributed by atoms with Gasteiger partial charge in [-0.3, -0.25) is 9.69 Å². The standard InChI is InChI=1S/C24H27NO4S2/c1-5-25-23(26)21(31-24(25)30)15-18-8-6-9-20(27-4)22(18)29-13-7-12-28-19-11-10-16(2)17(3)14-19/h6,8-11,14-15H,5,7,12-13H2,1-4H3/b21-15-. The van der Waals surface area contributed by atoms with Crippen LogP contribution in [0.2, 0.25) is 0 Å². The van der Waals surface area contributed by atoms with Crippen LogP contribution in [-0.2, 0) is 4.79 Å². The number of benzene rings is 2. The van der Waals surface area contributed by atoms with Crippen LogP contribution in [0.4, 0.5) is 0 Å². The van der Waals surface area contributed by atoms with Crippen molar-refractivity contribution in [1.29, 1.82) is 0 Å². The summed E-state index contributed by atoms with van der Waals surface area (Å²) >= 11 is 6.61. The Kier molecular flexibility index (Phi) is 7.98. The zero-order valence-electron chi connectivity index (χ0n) is 18.3. The maximum Gasteiger partial charge on any atom is 0.266 e. The number of methoxy groups -OCH3 is 1. The summed E-state index contributed by atoms with van der Waals surface area (Å²) in [6.07, 6.45) is 2.53. The van der Waals surface area contributed by atoms with Gasteiger partial charge in [-0.2, -0.15) is 0 Å². The molecule has 1 aliphatic heterocycles. The van der Waals surface area contributed by atoms with Crippen LogP contribution in [0.3, 0.4) is 0 Å². The van der Waals surface area contributed by atoms with Crippen LogP contribution in [0.1, 0.15) is 30.0 Å². The second kappa shape index (κ2) is 10.7. The van der Waals surface area contributed by atoms with Crippen molar-refractivity contribution < 1.29 is 19.0 Å². The molecule has 3 rings (SSSR count). The Morgan fingerprint density at radius 2 is 1.87 bits per heavy atom. The molecule has 164 valence electrons. The van der Waals surface area contributed by atoms with Gasteiger partial charge in [0, 0.05) is 18.5 Å². The summed E-state index contributed by atoms with van der Waals surface area (Å²) in [6.45, 7) is 7.63. The van der Waals surface area contributed by atoms with Crippen molar-refractivity contribution >= 4 is 40.3 Å². The number of rotatable bonds is 9.